The van der Waals surface area contributed by atoms with Gasteiger partial charge in [0.15, 0.2) is 0 Å². The van der Waals surface area contributed by atoms with Gasteiger partial charge in [-0.1, -0.05) is 13.8 Å². The van der Waals surface area contributed by atoms with Gasteiger partial charge in [-0.15, -0.1) is 0 Å². The fourth-order valence-electron chi connectivity index (χ4n) is 2.60. The third-order valence-corrected chi connectivity index (χ3v) is 3.56. The van der Waals surface area contributed by atoms with Crippen molar-refractivity contribution >= 4 is 0 Å². The average Bonchev–Trinajstić information content (AvgIpc) is 2.91. The topological polar surface area (TPSA) is 53.2 Å². The van der Waals surface area contributed by atoms with E-state index in [1.807, 2.05) is 6.20 Å². The number of rotatable bonds is 7. The maximum atomic E-state index is 5.44. The molecule has 0 amide bonds. The van der Waals surface area contributed by atoms with Crippen molar-refractivity contribution < 1.29 is 4.74 Å². The number of hydrogen-bond acceptors (Lipinski definition) is 4. The Morgan fingerprint density at radius 2 is 2.21 bits per heavy atom. The Hall–Kier alpha value is -0.910. The van der Waals surface area contributed by atoms with Crippen LogP contribution in [0.4, 0.5) is 0 Å². The minimum absolute atomic E-state index is 0.604. The molecule has 0 radical (unpaired) electrons. The normalized spacial score (nSPS) is 18.9. The number of imidazole rings is 1. The molecule has 0 aromatic carbocycles. The number of hydrogen-bond donors (Lipinski definition) is 2. The molecule has 1 unspecified atom stereocenters. The lowest BCUT2D eigenvalue weighted by atomic mass is 10.0. The number of morpholine rings is 1. The lowest BCUT2D eigenvalue weighted by molar-refractivity contribution is 0.0123. The molecular weight excluding hydrogens is 240 g/mol. The highest BCUT2D eigenvalue weighted by atomic mass is 16.5. The van der Waals surface area contributed by atoms with Crippen LogP contribution in [0.25, 0.3) is 0 Å². The third-order valence-electron chi connectivity index (χ3n) is 3.56. The standard InChI is InChI=1S/C14H26N4O/c1-12(2)7-14(18-3-5-19-6-4-18)10-15-8-13-9-16-11-17-13/h9,11-12,14-15H,3-8,10H2,1-2H3,(H,16,17). The molecule has 19 heavy (non-hydrogen) atoms. The fourth-order valence-corrected chi connectivity index (χ4v) is 2.60. The molecule has 2 rings (SSSR count). The molecule has 0 spiro atoms. The van der Waals surface area contributed by atoms with Gasteiger partial charge in [-0.2, -0.15) is 0 Å². The summed E-state index contributed by atoms with van der Waals surface area (Å²) in [4.78, 5) is 9.72. The molecule has 5 heteroatoms. The zero-order valence-electron chi connectivity index (χ0n) is 12.1. The Balaban J connectivity index is 1.79. The molecule has 0 saturated carbocycles. The molecular formula is C14H26N4O. The number of ether oxygens (including phenoxy) is 1. The van der Waals surface area contributed by atoms with Crippen molar-refractivity contribution in [2.75, 3.05) is 32.8 Å². The van der Waals surface area contributed by atoms with Gasteiger partial charge >= 0.3 is 0 Å². The first-order valence-corrected chi connectivity index (χ1v) is 7.25. The summed E-state index contributed by atoms with van der Waals surface area (Å²) in [5.41, 5.74) is 1.14. The Morgan fingerprint density at radius 1 is 1.42 bits per heavy atom. The first kappa shape index (κ1) is 14.5. The molecule has 2 heterocycles. The molecule has 1 aliphatic rings. The Kier molecular flexibility index (Phi) is 5.82. The van der Waals surface area contributed by atoms with E-state index in [9.17, 15) is 0 Å². The second kappa shape index (κ2) is 7.62. The van der Waals surface area contributed by atoms with E-state index < -0.39 is 0 Å². The lowest BCUT2D eigenvalue weighted by Crippen LogP contribution is -2.48. The molecule has 5 nitrogen and oxygen atoms in total. The van der Waals surface area contributed by atoms with Crippen LogP contribution in [0.1, 0.15) is 26.0 Å². The summed E-state index contributed by atoms with van der Waals surface area (Å²) in [6.07, 6.45) is 4.83. The highest BCUT2D eigenvalue weighted by Gasteiger charge is 2.21. The SMILES string of the molecule is CC(C)CC(CNCc1cnc[nH]1)N1CCOCC1. The van der Waals surface area contributed by atoms with Crippen LogP contribution in [0.5, 0.6) is 0 Å². The Bertz CT molecular complexity index is 333. The van der Waals surface area contributed by atoms with Gasteiger partial charge in [0.05, 0.1) is 19.5 Å². The first-order chi connectivity index (χ1) is 9.25. The van der Waals surface area contributed by atoms with Crippen LogP contribution >= 0.6 is 0 Å². The van der Waals surface area contributed by atoms with E-state index in [0.29, 0.717) is 6.04 Å². The second-order valence-electron chi connectivity index (χ2n) is 5.64. The Morgan fingerprint density at radius 3 is 2.84 bits per heavy atom. The molecule has 2 N–H and O–H groups in total. The zero-order chi connectivity index (χ0) is 13.5. The van der Waals surface area contributed by atoms with Gasteiger partial charge in [0.2, 0.25) is 0 Å². The summed E-state index contributed by atoms with van der Waals surface area (Å²) >= 11 is 0. The van der Waals surface area contributed by atoms with Crippen molar-refractivity contribution in [3.05, 3.63) is 18.2 Å². The van der Waals surface area contributed by atoms with Gasteiger partial charge in [-0.3, -0.25) is 4.90 Å². The van der Waals surface area contributed by atoms with E-state index in [2.05, 4.69) is 34.0 Å². The number of aromatic amines is 1. The van der Waals surface area contributed by atoms with Crippen LogP contribution in [-0.4, -0.2) is 53.8 Å². The van der Waals surface area contributed by atoms with Gasteiger partial charge in [0.1, 0.15) is 0 Å². The van der Waals surface area contributed by atoms with Gasteiger partial charge in [0, 0.05) is 44.1 Å². The molecule has 1 aromatic rings. The van der Waals surface area contributed by atoms with Crippen molar-refractivity contribution in [2.24, 2.45) is 5.92 Å². The predicted octanol–water partition coefficient (Wildman–Crippen LogP) is 1.25. The minimum atomic E-state index is 0.604. The summed E-state index contributed by atoms with van der Waals surface area (Å²) in [5, 5.41) is 3.54. The fraction of sp³-hybridized carbons (Fsp3) is 0.786. The van der Waals surface area contributed by atoms with E-state index in [1.165, 1.54) is 6.42 Å². The van der Waals surface area contributed by atoms with Gasteiger partial charge < -0.3 is 15.0 Å². The molecule has 1 atom stereocenters. The monoisotopic (exact) mass is 266 g/mol. The van der Waals surface area contributed by atoms with Crippen molar-refractivity contribution in [1.82, 2.24) is 20.2 Å². The summed E-state index contributed by atoms with van der Waals surface area (Å²) in [6, 6.07) is 0.604. The van der Waals surface area contributed by atoms with E-state index in [-0.39, 0.29) is 0 Å². The number of nitrogens with one attached hydrogen (secondary N) is 2. The second-order valence-corrected chi connectivity index (χ2v) is 5.64. The van der Waals surface area contributed by atoms with Crippen molar-refractivity contribution in [1.29, 1.82) is 0 Å². The number of nitrogens with zero attached hydrogens (tertiary/aromatic N) is 2. The van der Waals surface area contributed by atoms with Crippen molar-refractivity contribution in [3.63, 3.8) is 0 Å². The van der Waals surface area contributed by atoms with Crippen LogP contribution in [-0.2, 0) is 11.3 Å². The lowest BCUT2D eigenvalue weighted by Gasteiger charge is -2.35. The highest BCUT2D eigenvalue weighted by molar-refractivity contribution is 4.93. The largest absolute Gasteiger partial charge is 0.379 e. The maximum Gasteiger partial charge on any atom is 0.0922 e. The third kappa shape index (κ3) is 4.93. The summed E-state index contributed by atoms with van der Waals surface area (Å²) < 4.78 is 5.44. The average molecular weight is 266 g/mol. The van der Waals surface area contributed by atoms with Gasteiger partial charge in [-0.05, 0) is 12.3 Å². The predicted molar refractivity (Wildman–Crippen MR) is 75.9 cm³/mol. The highest BCUT2D eigenvalue weighted by Crippen LogP contribution is 2.13. The van der Waals surface area contributed by atoms with Gasteiger partial charge in [-0.25, -0.2) is 4.98 Å². The zero-order valence-corrected chi connectivity index (χ0v) is 12.1. The van der Waals surface area contributed by atoms with E-state index in [1.54, 1.807) is 6.33 Å². The van der Waals surface area contributed by atoms with Crippen LogP contribution in [0.3, 0.4) is 0 Å². The van der Waals surface area contributed by atoms with Crippen LogP contribution in [0.2, 0.25) is 0 Å². The van der Waals surface area contributed by atoms with E-state index in [0.717, 1.165) is 51.0 Å². The molecule has 1 aromatic heterocycles. The summed E-state index contributed by atoms with van der Waals surface area (Å²) in [6.45, 7) is 10.3. The van der Waals surface area contributed by atoms with Crippen LogP contribution in [0.15, 0.2) is 12.5 Å². The number of aromatic nitrogens is 2. The molecule has 1 saturated heterocycles. The summed E-state index contributed by atoms with van der Waals surface area (Å²) in [5.74, 6) is 0.724. The minimum Gasteiger partial charge on any atom is -0.379 e. The molecule has 0 aliphatic carbocycles. The number of H-pyrrole nitrogens is 1. The van der Waals surface area contributed by atoms with Crippen LogP contribution < -0.4 is 5.32 Å². The molecule has 108 valence electrons. The van der Waals surface area contributed by atoms with Crippen molar-refractivity contribution in [3.8, 4) is 0 Å². The molecule has 1 aliphatic heterocycles. The van der Waals surface area contributed by atoms with Crippen LogP contribution in [0, 0.1) is 5.92 Å². The Labute approximate surface area is 115 Å². The quantitative estimate of drug-likeness (QED) is 0.780. The smallest absolute Gasteiger partial charge is 0.0922 e. The summed E-state index contributed by atoms with van der Waals surface area (Å²) in [7, 11) is 0. The molecule has 0 bridgehead atoms. The van der Waals surface area contributed by atoms with Gasteiger partial charge in [0.25, 0.3) is 0 Å². The maximum absolute atomic E-state index is 5.44. The molecule has 1 fully saturated rings. The van der Waals surface area contributed by atoms with E-state index >= 15 is 0 Å². The van der Waals surface area contributed by atoms with E-state index in [4.69, 9.17) is 4.74 Å². The first-order valence-electron chi connectivity index (χ1n) is 7.25. The van der Waals surface area contributed by atoms with Crippen molar-refractivity contribution in [2.45, 2.75) is 32.9 Å².